The third-order valence-electron chi connectivity index (χ3n) is 7.00. The fraction of sp³-hybridized carbons (Fsp3) is 0.273. The molecule has 0 radical (unpaired) electrons. The molecular formula is C33H34N4O6S. The molecule has 2 amide bonds. The number of fused-ring (bicyclic) bond motifs is 1. The molecule has 1 aliphatic rings. The van der Waals surface area contributed by atoms with Crippen LogP contribution in [0.2, 0.25) is 0 Å². The van der Waals surface area contributed by atoms with Crippen LogP contribution in [0.4, 0.5) is 5.69 Å². The highest BCUT2D eigenvalue weighted by Gasteiger charge is 2.33. The number of carbonyl (C=O) groups excluding carboxylic acids is 2. The van der Waals surface area contributed by atoms with Crippen molar-refractivity contribution < 1.29 is 28.5 Å². The van der Waals surface area contributed by atoms with Crippen LogP contribution < -0.4 is 24.3 Å². The van der Waals surface area contributed by atoms with E-state index in [1.54, 1.807) is 48.4 Å². The second-order valence-electron chi connectivity index (χ2n) is 10.3. The fourth-order valence-electron chi connectivity index (χ4n) is 4.86. The largest absolute Gasteiger partial charge is 0.493 e. The first-order chi connectivity index (χ1) is 21.2. The zero-order valence-corrected chi connectivity index (χ0v) is 26.1. The van der Waals surface area contributed by atoms with Crippen LogP contribution in [-0.4, -0.2) is 53.4 Å². The highest BCUT2D eigenvalue weighted by Crippen LogP contribution is 2.36. The number of nitrogens with one attached hydrogen (secondary N) is 1. The van der Waals surface area contributed by atoms with E-state index in [9.17, 15) is 9.59 Å². The molecule has 4 aromatic rings. The molecule has 0 saturated heterocycles. The molecule has 1 aromatic heterocycles. The molecule has 0 spiro atoms. The lowest BCUT2D eigenvalue weighted by atomic mass is 10.0. The second kappa shape index (κ2) is 13.7. The Morgan fingerprint density at radius 2 is 1.59 bits per heavy atom. The van der Waals surface area contributed by atoms with Crippen LogP contribution in [0.5, 0.6) is 23.0 Å². The van der Waals surface area contributed by atoms with Gasteiger partial charge in [-0.3, -0.25) is 9.59 Å². The Labute approximate surface area is 260 Å². The van der Waals surface area contributed by atoms with E-state index in [0.717, 1.165) is 22.5 Å². The van der Waals surface area contributed by atoms with E-state index in [2.05, 4.69) is 15.3 Å². The fourth-order valence-corrected chi connectivity index (χ4v) is 5.70. The van der Waals surface area contributed by atoms with Crippen molar-refractivity contribution in [1.29, 1.82) is 0 Å². The summed E-state index contributed by atoms with van der Waals surface area (Å²) >= 11 is 1.23. The minimum absolute atomic E-state index is 0.0237. The molecule has 1 atom stereocenters. The SMILES string of the molecule is COc1ccc(C(C(=O)Nc2ccc3c(c2)OCO3)N(Cc2ccc(C)cc2)C(=O)CSc2nc(C)cc(C)n2)cc1OC. The number of methoxy groups -OCH3 is 2. The van der Waals surface area contributed by atoms with Crippen LogP contribution in [0.15, 0.2) is 71.9 Å². The predicted octanol–water partition coefficient (Wildman–Crippen LogP) is 5.65. The molecule has 5 rings (SSSR count). The summed E-state index contributed by atoms with van der Waals surface area (Å²) in [5, 5.41) is 3.48. The van der Waals surface area contributed by atoms with Crippen LogP contribution in [0.25, 0.3) is 0 Å². The molecule has 0 fully saturated rings. The molecule has 44 heavy (non-hydrogen) atoms. The van der Waals surface area contributed by atoms with Gasteiger partial charge in [-0.05, 0) is 62.2 Å². The molecular weight excluding hydrogens is 580 g/mol. The normalized spacial score (nSPS) is 12.4. The maximum atomic E-state index is 14.2. The van der Waals surface area contributed by atoms with Gasteiger partial charge in [0, 0.05) is 29.7 Å². The van der Waals surface area contributed by atoms with E-state index in [4.69, 9.17) is 18.9 Å². The maximum Gasteiger partial charge on any atom is 0.251 e. The molecule has 1 N–H and O–H groups in total. The molecule has 0 saturated carbocycles. The lowest BCUT2D eigenvalue weighted by Gasteiger charge is -2.32. The molecule has 2 heterocycles. The molecule has 1 unspecified atom stereocenters. The van der Waals surface area contributed by atoms with Gasteiger partial charge in [0.1, 0.15) is 6.04 Å². The topological polar surface area (TPSA) is 112 Å². The monoisotopic (exact) mass is 614 g/mol. The number of benzene rings is 3. The molecule has 1 aliphatic heterocycles. The molecule has 0 bridgehead atoms. The van der Waals surface area contributed by atoms with Crippen molar-refractivity contribution in [3.05, 3.63) is 94.8 Å². The molecule has 228 valence electrons. The molecule has 0 aliphatic carbocycles. The van der Waals surface area contributed by atoms with Gasteiger partial charge >= 0.3 is 0 Å². The number of thioether (sulfide) groups is 1. The maximum absolute atomic E-state index is 14.2. The van der Waals surface area contributed by atoms with E-state index in [1.165, 1.54) is 18.9 Å². The van der Waals surface area contributed by atoms with Crippen LogP contribution >= 0.6 is 11.8 Å². The average Bonchev–Trinajstić information content (AvgIpc) is 3.48. The Kier molecular flexibility index (Phi) is 9.54. The van der Waals surface area contributed by atoms with Crippen molar-refractivity contribution in [2.45, 2.75) is 38.5 Å². The van der Waals surface area contributed by atoms with Gasteiger partial charge in [0.25, 0.3) is 5.91 Å². The number of hydrogen-bond donors (Lipinski definition) is 1. The smallest absolute Gasteiger partial charge is 0.251 e. The van der Waals surface area contributed by atoms with Gasteiger partial charge in [0.05, 0.1) is 20.0 Å². The average molecular weight is 615 g/mol. The Morgan fingerprint density at radius 3 is 2.30 bits per heavy atom. The highest BCUT2D eigenvalue weighted by molar-refractivity contribution is 7.99. The van der Waals surface area contributed by atoms with Gasteiger partial charge in [0.2, 0.25) is 12.7 Å². The number of nitrogens with zero attached hydrogens (tertiary/aromatic N) is 3. The third kappa shape index (κ3) is 7.23. The Bertz CT molecular complexity index is 1640. The van der Waals surface area contributed by atoms with E-state index < -0.39 is 11.9 Å². The number of rotatable bonds is 11. The van der Waals surface area contributed by atoms with Crippen molar-refractivity contribution in [3.63, 3.8) is 0 Å². The van der Waals surface area contributed by atoms with Crippen molar-refractivity contribution in [2.75, 3.05) is 32.1 Å². The first kappa shape index (κ1) is 30.7. The minimum Gasteiger partial charge on any atom is -0.493 e. The Morgan fingerprint density at radius 1 is 0.886 bits per heavy atom. The van der Waals surface area contributed by atoms with Gasteiger partial charge in [-0.1, -0.05) is 47.7 Å². The van der Waals surface area contributed by atoms with E-state index in [-0.39, 0.29) is 25.0 Å². The number of aryl methyl sites for hydroxylation is 3. The van der Waals surface area contributed by atoms with Crippen molar-refractivity contribution >= 4 is 29.3 Å². The number of hydrogen-bond acceptors (Lipinski definition) is 9. The first-order valence-corrected chi connectivity index (χ1v) is 14.9. The summed E-state index contributed by atoms with van der Waals surface area (Å²) in [6.07, 6.45) is 0. The molecule has 11 heteroatoms. The van der Waals surface area contributed by atoms with Crippen molar-refractivity contribution in [2.24, 2.45) is 0 Å². The quantitative estimate of drug-likeness (QED) is 0.169. The van der Waals surface area contributed by atoms with Gasteiger partial charge in [-0.2, -0.15) is 0 Å². The Balaban J connectivity index is 1.53. The first-order valence-electron chi connectivity index (χ1n) is 14.0. The number of carbonyl (C=O) groups is 2. The van der Waals surface area contributed by atoms with E-state index in [0.29, 0.717) is 39.4 Å². The second-order valence-corrected chi connectivity index (χ2v) is 11.2. The van der Waals surface area contributed by atoms with Crippen LogP contribution in [-0.2, 0) is 16.1 Å². The predicted molar refractivity (Wildman–Crippen MR) is 167 cm³/mol. The number of anilines is 1. The van der Waals surface area contributed by atoms with Crippen LogP contribution in [0, 0.1) is 20.8 Å². The Hall–Kier alpha value is -4.77. The summed E-state index contributed by atoms with van der Waals surface area (Å²) in [7, 11) is 3.07. The standard InChI is InChI=1S/C33H34N4O6S/c1-20-6-8-23(9-7-20)17-37(30(38)18-44-33-34-21(2)14-22(3)35-33)31(24-10-12-26(40-4)28(15-24)41-5)32(39)36-25-11-13-27-29(16-25)43-19-42-27/h6-16,31H,17-19H2,1-5H3,(H,36,39). The van der Waals surface area contributed by atoms with Gasteiger partial charge in [0.15, 0.2) is 28.2 Å². The zero-order valence-electron chi connectivity index (χ0n) is 25.2. The lowest BCUT2D eigenvalue weighted by Crippen LogP contribution is -2.41. The summed E-state index contributed by atoms with van der Waals surface area (Å²) in [4.78, 5) is 38.9. The molecule has 10 nitrogen and oxygen atoms in total. The van der Waals surface area contributed by atoms with E-state index in [1.807, 2.05) is 51.1 Å². The number of amides is 2. The van der Waals surface area contributed by atoms with Gasteiger partial charge in [-0.25, -0.2) is 9.97 Å². The summed E-state index contributed by atoms with van der Waals surface area (Å²) < 4.78 is 21.9. The van der Waals surface area contributed by atoms with Gasteiger partial charge < -0.3 is 29.2 Å². The van der Waals surface area contributed by atoms with Crippen molar-refractivity contribution in [1.82, 2.24) is 14.9 Å². The summed E-state index contributed by atoms with van der Waals surface area (Å²) in [6.45, 7) is 6.07. The molecule has 3 aromatic carbocycles. The summed E-state index contributed by atoms with van der Waals surface area (Å²) in [5.41, 5.74) is 4.65. The van der Waals surface area contributed by atoms with E-state index >= 15 is 0 Å². The minimum atomic E-state index is -1.03. The third-order valence-corrected chi connectivity index (χ3v) is 7.84. The van der Waals surface area contributed by atoms with Crippen LogP contribution in [0.1, 0.15) is 34.1 Å². The summed E-state index contributed by atoms with van der Waals surface area (Å²) in [5.74, 6) is 1.42. The number of ether oxygens (including phenoxy) is 4. The van der Waals surface area contributed by atoms with Gasteiger partial charge in [-0.15, -0.1) is 0 Å². The summed E-state index contributed by atoms with van der Waals surface area (Å²) in [6, 6.07) is 19.1. The highest BCUT2D eigenvalue weighted by atomic mass is 32.2. The number of aromatic nitrogens is 2. The van der Waals surface area contributed by atoms with Crippen molar-refractivity contribution in [3.8, 4) is 23.0 Å². The van der Waals surface area contributed by atoms with Crippen LogP contribution in [0.3, 0.4) is 0 Å². The zero-order chi connectivity index (χ0) is 31.2. The lowest BCUT2D eigenvalue weighted by molar-refractivity contribution is -0.137.